The summed E-state index contributed by atoms with van der Waals surface area (Å²) < 4.78 is 68.0. The Balaban J connectivity index is 1.85. The normalized spacial score (nSPS) is 17.2. The third-order valence-corrected chi connectivity index (χ3v) is 9.80. The van der Waals surface area contributed by atoms with Gasteiger partial charge in [-0.25, -0.2) is 8.42 Å². The van der Waals surface area contributed by atoms with E-state index in [1.807, 2.05) is 12.1 Å². The smallest absolute Gasteiger partial charge is 0.339 e. The van der Waals surface area contributed by atoms with Crippen LogP contribution in [0.3, 0.4) is 0 Å². The number of rotatable bonds is 7. The summed E-state index contributed by atoms with van der Waals surface area (Å²) in [7, 11) is -8.90. The van der Waals surface area contributed by atoms with Crippen LogP contribution >= 0.6 is 0 Å². The summed E-state index contributed by atoms with van der Waals surface area (Å²) in [5, 5.41) is 0. The molecule has 1 aliphatic rings. The van der Waals surface area contributed by atoms with Crippen LogP contribution < -0.4 is 4.18 Å². The van der Waals surface area contributed by atoms with Gasteiger partial charge in [-0.3, -0.25) is 0 Å². The molecule has 212 valence electrons. The van der Waals surface area contributed by atoms with E-state index in [1.165, 1.54) is 69.9 Å². The molecule has 0 aliphatic heterocycles. The largest absolute Gasteiger partial charge is 0.744 e. The SMILES string of the molecule is CC(C)c1cc(OS(=O)(=O)c2ccc(C3CCCCCCCCCCC3)cc2)cc(C(C)C)c1S(=O)(=O)[O-]. The molecule has 0 unspecified atom stereocenters. The Kier molecular flexibility index (Phi) is 10.8. The second-order valence-electron chi connectivity index (χ2n) is 11.3. The molecule has 0 radical (unpaired) electrons. The molecule has 2 aromatic rings. The Morgan fingerprint density at radius 2 is 1.13 bits per heavy atom. The van der Waals surface area contributed by atoms with Gasteiger partial charge in [-0.2, -0.15) is 8.42 Å². The van der Waals surface area contributed by atoms with Crippen LogP contribution in [0.1, 0.15) is 133 Å². The highest BCUT2D eigenvalue weighted by Crippen LogP contribution is 2.37. The maximum atomic E-state index is 13.2. The molecule has 2 aromatic carbocycles. The first-order valence-corrected chi connectivity index (χ1v) is 16.9. The van der Waals surface area contributed by atoms with Crippen LogP contribution in [0.4, 0.5) is 0 Å². The maximum absolute atomic E-state index is 13.2. The molecule has 8 heteroatoms. The van der Waals surface area contributed by atoms with Crippen LogP contribution in [0.15, 0.2) is 46.2 Å². The van der Waals surface area contributed by atoms with Gasteiger partial charge in [0.25, 0.3) is 0 Å². The van der Waals surface area contributed by atoms with Gasteiger partial charge in [0.2, 0.25) is 0 Å². The predicted octanol–water partition coefficient (Wildman–Crippen LogP) is 7.99. The van der Waals surface area contributed by atoms with E-state index in [0.717, 1.165) is 18.4 Å². The van der Waals surface area contributed by atoms with Gasteiger partial charge in [0.15, 0.2) is 0 Å². The zero-order chi connectivity index (χ0) is 27.9. The Labute approximate surface area is 230 Å². The highest BCUT2D eigenvalue weighted by atomic mass is 32.2. The molecule has 3 rings (SSSR count). The summed E-state index contributed by atoms with van der Waals surface area (Å²) in [5.74, 6) is -0.200. The van der Waals surface area contributed by atoms with Gasteiger partial charge in [-0.1, -0.05) is 97.6 Å². The van der Waals surface area contributed by atoms with Crippen LogP contribution in [0.5, 0.6) is 5.75 Å². The number of hydrogen-bond donors (Lipinski definition) is 0. The fourth-order valence-electron chi connectivity index (χ4n) is 5.42. The topological polar surface area (TPSA) is 101 Å². The molecule has 0 heterocycles. The average molecular weight is 564 g/mol. The lowest BCUT2D eigenvalue weighted by Gasteiger charge is -2.23. The molecular weight excluding hydrogens is 520 g/mol. The summed E-state index contributed by atoms with van der Waals surface area (Å²) in [6, 6.07) is 9.72. The molecule has 0 atom stereocenters. The lowest BCUT2D eigenvalue weighted by molar-refractivity contribution is 0.459. The van der Waals surface area contributed by atoms with Gasteiger partial charge in [0.05, 0.1) is 4.90 Å². The van der Waals surface area contributed by atoms with E-state index in [-0.39, 0.29) is 38.5 Å². The molecule has 0 spiro atoms. The molecule has 38 heavy (non-hydrogen) atoms. The molecule has 1 fully saturated rings. The third-order valence-electron chi connectivity index (χ3n) is 7.57. The first kappa shape index (κ1) is 30.6. The van der Waals surface area contributed by atoms with Crippen LogP contribution in [0.2, 0.25) is 0 Å². The first-order chi connectivity index (χ1) is 17.9. The highest BCUT2D eigenvalue weighted by Gasteiger charge is 2.24. The Bertz CT molecular complexity index is 1220. The molecule has 1 saturated carbocycles. The number of benzene rings is 2. The molecule has 1 aliphatic carbocycles. The molecule has 0 saturated heterocycles. The zero-order valence-electron chi connectivity index (χ0n) is 23.2. The van der Waals surface area contributed by atoms with Crippen molar-refractivity contribution in [2.45, 2.75) is 126 Å². The van der Waals surface area contributed by atoms with Crippen molar-refractivity contribution in [2.75, 3.05) is 0 Å². The Hall–Kier alpha value is -1.90. The summed E-state index contributed by atoms with van der Waals surface area (Å²) in [5.41, 5.74) is 1.68. The maximum Gasteiger partial charge on any atom is 0.339 e. The van der Waals surface area contributed by atoms with Crippen LogP contribution in [0.25, 0.3) is 0 Å². The van der Waals surface area contributed by atoms with Crippen molar-refractivity contribution in [2.24, 2.45) is 0 Å². The van der Waals surface area contributed by atoms with Crippen molar-refractivity contribution >= 4 is 20.2 Å². The Morgan fingerprint density at radius 3 is 1.53 bits per heavy atom. The lowest BCUT2D eigenvalue weighted by atomic mass is 9.87. The molecule has 0 amide bonds. The van der Waals surface area contributed by atoms with Crippen molar-refractivity contribution in [3.8, 4) is 5.75 Å². The fourth-order valence-corrected chi connectivity index (χ4v) is 7.50. The predicted molar refractivity (Wildman–Crippen MR) is 150 cm³/mol. The van der Waals surface area contributed by atoms with Crippen molar-refractivity contribution in [3.05, 3.63) is 53.1 Å². The Morgan fingerprint density at radius 1 is 0.711 bits per heavy atom. The summed E-state index contributed by atoms with van der Waals surface area (Å²) in [4.78, 5) is -0.235. The lowest BCUT2D eigenvalue weighted by Crippen LogP contribution is -2.14. The van der Waals surface area contributed by atoms with E-state index in [2.05, 4.69) is 0 Å². The van der Waals surface area contributed by atoms with Crippen molar-refractivity contribution in [1.29, 1.82) is 0 Å². The quantitative estimate of drug-likeness (QED) is 0.250. The average Bonchev–Trinajstić information content (AvgIpc) is 2.83. The van der Waals surface area contributed by atoms with Gasteiger partial charge in [0.1, 0.15) is 20.8 Å². The van der Waals surface area contributed by atoms with E-state index < -0.39 is 20.2 Å². The van der Waals surface area contributed by atoms with E-state index in [9.17, 15) is 21.4 Å². The molecule has 6 nitrogen and oxygen atoms in total. The summed E-state index contributed by atoms with van der Waals surface area (Å²) >= 11 is 0. The monoisotopic (exact) mass is 563 g/mol. The fraction of sp³-hybridized carbons (Fsp3) is 0.600. The minimum Gasteiger partial charge on any atom is -0.744 e. The van der Waals surface area contributed by atoms with E-state index >= 15 is 0 Å². The first-order valence-electron chi connectivity index (χ1n) is 14.1. The highest BCUT2D eigenvalue weighted by molar-refractivity contribution is 7.87. The van der Waals surface area contributed by atoms with Gasteiger partial charge in [0, 0.05) is 0 Å². The summed E-state index contributed by atoms with van der Waals surface area (Å²) in [6.07, 6.45) is 13.7. The molecule has 0 bridgehead atoms. The van der Waals surface area contributed by atoms with E-state index in [1.54, 1.807) is 39.8 Å². The zero-order valence-corrected chi connectivity index (χ0v) is 24.9. The van der Waals surface area contributed by atoms with Crippen molar-refractivity contribution in [3.63, 3.8) is 0 Å². The minimum atomic E-state index is -4.75. The van der Waals surface area contributed by atoms with Gasteiger partial charge >= 0.3 is 10.1 Å². The molecular formula is C30H43O6S2-. The van der Waals surface area contributed by atoms with Crippen molar-refractivity contribution in [1.82, 2.24) is 0 Å². The van der Waals surface area contributed by atoms with Crippen LogP contribution in [0, 0.1) is 0 Å². The van der Waals surface area contributed by atoms with Gasteiger partial charge in [-0.15, -0.1) is 0 Å². The minimum absolute atomic E-state index is 0.00759. The van der Waals surface area contributed by atoms with Gasteiger partial charge in [-0.05, 0) is 71.6 Å². The third kappa shape index (κ3) is 8.30. The van der Waals surface area contributed by atoms with E-state index in [0.29, 0.717) is 5.92 Å². The summed E-state index contributed by atoms with van der Waals surface area (Å²) in [6.45, 7) is 7.03. The van der Waals surface area contributed by atoms with Gasteiger partial charge < -0.3 is 8.74 Å². The van der Waals surface area contributed by atoms with Crippen LogP contribution in [-0.2, 0) is 20.2 Å². The number of hydrogen-bond acceptors (Lipinski definition) is 6. The second kappa shape index (κ2) is 13.4. The molecule has 0 aromatic heterocycles. The van der Waals surface area contributed by atoms with Crippen LogP contribution in [-0.4, -0.2) is 21.4 Å². The van der Waals surface area contributed by atoms with Crippen molar-refractivity contribution < 1.29 is 25.6 Å². The second-order valence-corrected chi connectivity index (χ2v) is 14.1. The van der Waals surface area contributed by atoms with E-state index in [4.69, 9.17) is 4.18 Å². The molecule has 0 N–H and O–H groups in total. The standard InChI is InChI=1S/C30H44O6S2/c1-22(2)28-20-26(21-29(23(3)4)30(28)37(31,32)33)36-38(34,35)27-18-16-25(17-19-27)24-14-12-10-8-6-5-7-9-11-13-15-24/h16-24H,5-15H2,1-4H3,(H,31,32,33)/p-1.